The van der Waals surface area contributed by atoms with Crippen LogP contribution >= 0.6 is 0 Å². The van der Waals surface area contributed by atoms with Crippen molar-refractivity contribution in [3.05, 3.63) is 17.5 Å². The lowest BCUT2D eigenvalue weighted by molar-refractivity contribution is 0.188. The molecule has 2 rings (SSSR count). The van der Waals surface area contributed by atoms with Crippen molar-refractivity contribution in [2.75, 3.05) is 13.6 Å². The highest BCUT2D eigenvalue weighted by atomic mass is 15.3. The van der Waals surface area contributed by atoms with Gasteiger partial charge in [-0.3, -0.25) is 9.58 Å². The minimum absolute atomic E-state index is 0.648. The van der Waals surface area contributed by atoms with Gasteiger partial charge in [-0.05, 0) is 45.3 Å². The third-order valence-electron chi connectivity index (χ3n) is 4.00. The van der Waals surface area contributed by atoms with Gasteiger partial charge in [-0.1, -0.05) is 6.42 Å². The molecule has 0 aliphatic heterocycles. The second kappa shape index (κ2) is 5.19. The van der Waals surface area contributed by atoms with E-state index in [0.717, 1.165) is 18.8 Å². The smallest absolute Gasteiger partial charge is 0.0597 e. The Kier molecular flexibility index (Phi) is 3.84. The van der Waals surface area contributed by atoms with Crippen LogP contribution < -0.4 is 5.73 Å². The van der Waals surface area contributed by atoms with E-state index < -0.39 is 0 Å². The average molecular weight is 236 g/mol. The van der Waals surface area contributed by atoms with Crippen molar-refractivity contribution in [1.82, 2.24) is 14.7 Å². The first-order chi connectivity index (χ1) is 8.11. The van der Waals surface area contributed by atoms with E-state index in [1.165, 1.54) is 25.0 Å². The summed E-state index contributed by atoms with van der Waals surface area (Å²) in [5.41, 5.74) is 8.23. The van der Waals surface area contributed by atoms with Gasteiger partial charge in [0.25, 0.3) is 0 Å². The summed E-state index contributed by atoms with van der Waals surface area (Å²) in [6.07, 6.45) is 3.90. The van der Waals surface area contributed by atoms with E-state index in [1.54, 1.807) is 0 Å². The number of aromatic nitrogens is 2. The summed E-state index contributed by atoms with van der Waals surface area (Å²) in [6.45, 7) is 3.83. The topological polar surface area (TPSA) is 47.1 Å². The first-order valence-corrected chi connectivity index (χ1v) is 6.51. The standard InChI is InChI=1S/C13H24N4/c1-10-7-12(17(3)15-10)9-16(2)13-6-4-5-11(13)8-14/h7,11,13H,4-6,8-9,14H2,1-3H3. The van der Waals surface area contributed by atoms with Crippen molar-refractivity contribution < 1.29 is 0 Å². The summed E-state index contributed by atoms with van der Waals surface area (Å²) in [5, 5.41) is 4.40. The molecule has 1 aromatic heterocycles. The highest BCUT2D eigenvalue weighted by Gasteiger charge is 2.29. The van der Waals surface area contributed by atoms with Crippen molar-refractivity contribution in [2.24, 2.45) is 18.7 Å². The Morgan fingerprint density at radius 3 is 2.88 bits per heavy atom. The van der Waals surface area contributed by atoms with Gasteiger partial charge in [0.05, 0.1) is 11.4 Å². The summed E-state index contributed by atoms with van der Waals surface area (Å²) in [7, 11) is 4.23. The second-order valence-corrected chi connectivity index (χ2v) is 5.31. The van der Waals surface area contributed by atoms with Gasteiger partial charge in [-0.25, -0.2) is 0 Å². The maximum atomic E-state index is 5.85. The molecule has 0 spiro atoms. The monoisotopic (exact) mass is 236 g/mol. The van der Waals surface area contributed by atoms with Crippen LogP contribution in [0.15, 0.2) is 6.07 Å². The van der Waals surface area contributed by atoms with Crippen molar-refractivity contribution in [3.8, 4) is 0 Å². The van der Waals surface area contributed by atoms with Crippen LogP contribution in [0.2, 0.25) is 0 Å². The Balaban J connectivity index is 2.01. The molecule has 1 aliphatic carbocycles. The normalized spacial score (nSPS) is 24.8. The molecule has 1 aliphatic rings. The van der Waals surface area contributed by atoms with Gasteiger partial charge in [0.2, 0.25) is 0 Å². The molecule has 0 saturated heterocycles. The number of nitrogens with zero attached hydrogens (tertiary/aromatic N) is 3. The summed E-state index contributed by atoms with van der Waals surface area (Å²) in [6, 6.07) is 2.82. The van der Waals surface area contributed by atoms with Gasteiger partial charge in [0.1, 0.15) is 0 Å². The number of hydrogen-bond donors (Lipinski definition) is 1. The van der Waals surface area contributed by atoms with Crippen molar-refractivity contribution in [3.63, 3.8) is 0 Å². The zero-order valence-electron chi connectivity index (χ0n) is 11.2. The quantitative estimate of drug-likeness (QED) is 0.857. The maximum Gasteiger partial charge on any atom is 0.0597 e. The Labute approximate surface area is 104 Å². The lowest BCUT2D eigenvalue weighted by Gasteiger charge is -2.28. The molecule has 0 radical (unpaired) electrons. The van der Waals surface area contributed by atoms with Gasteiger partial charge >= 0.3 is 0 Å². The van der Waals surface area contributed by atoms with Crippen molar-refractivity contribution >= 4 is 0 Å². The Morgan fingerprint density at radius 2 is 2.29 bits per heavy atom. The van der Waals surface area contributed by atoms with Crippen LogP contribution in [0.3, 0.4) is 0 Å². The maximum absolute atomic E-state index is 5.85. The van der Waals surface area contributed by atoms with Crippen molar-refractivity contribution in [1.29, 1.82) is 0 Å². The molecule has 1 fully saturated rings. The summed E-state index contributed by atoms with van der Waals surface area (Å²) < 4.78 is 1.98. The van der Waals surface area contributed by atoms with Crippen LogP contribution in [-0.2, 0) is 13.6 Å². The largest absolute Gasteiger partial charge is 0.330 e. The van der Waals surface area contributed by atoms with E-state index in [4.69, 9.17) is 5.73 Å². The molecule has 17 heavy (non-hydrogen) atoms. The minimum Gasteiger partial charge on any atom is -0.330 e. The zero-order valence-corrected chi connectivity index (χ0v) is 11.2. The zero-order chi connectivity index (χ0) is 12.4. The van der Waals surface area contributed by atoms with Crippen LogP contribution in [0.25, 0.3) is 0 Å². The molecule has 1 saturated carbocycles. The van der Waals surface area contributed by atoms with Crippen LogP contribution in [-0.4, -0.2) is 34.3 Å². The Hall–Kier alpha value is -0.870. The number of nitrogens with two attached hydrogens (primary N) is 1. The third kappa shape index (κ3) is 2.69. The first-order valence-electron chi connectivity index (χ1n) is 6.51. The highest BCUT2D eigenvalue weighted by molar-refractivity contribution is 5.08. The van der Waals surface area contributed by atoms with E-state index in [1.807, 2.05) is 18.7 Å². The van der Waals surface area contributed by atoms with E-state index in [0.29, 0.717) is 12.0 Å². The molecule has 2 atom stereocenters. The average Bonchev–Trinajstić information content (AvgIpc) is 2.85. The predicted molar refractivity (Wildman–Crippen MR) is 69.6 cm³/mol. The Bertz CT molecular complexity index is 371. The van der Waals surface area contributed by atoms with Crippen molar-refractivity contribution in [2.45, 2.75) is 38.8 Å². The van der Waals surface area contributed by atoms with Gasteiger partial charge in [0, 0.05) is 19.6 Å². The molecule has 0 aromatic carbocycles. The van der Waals surface area contributed by atoms with Gasteiger partial charge in [0.15, 0.2) is 0 Å². The molecule has 0 bridgehead atoms. The Morgan fingerprint density at radius 1 is 1.53 bits per heavy atom. The minimum atomic E-state index is 0.648. The van der Waals surface area contributed by atoms with E-state index in [9.17, 15) is 0 Å². The highest BCUT2D eigenvalue weighted by Crippen LogP contribution is 2.29. The predicted octanol–water partition coefficient (Wildman–Crippen LogP) is 1.29. The van der Waals surface area contributed by atoms with Crippen LogP contribution in [0.4, 0.5) is 0 Å². The summed E-state index contributed by atoms with van der Waals surface area (Å²) >= 11 is 0. The molecule has 4 nitrogen and oxygen atoms in total. The second-order valence-electron chi connectivity index (χ2n) is 5.31. The molecule has 96 valence electrons. The van der Waals surface area contributed by atoms with Crippen LogP contribution in [0, 0.1) is 12.8 Å². The van der Waals surface area contributed by atoms with E-state index in [2.05, 4.69) is 23.1 Å². The lowest BCUT2D eigenvalue weighted by Crippen LogP contribution is -2.37. The number of hydrogen-bond acceptors (Lipinski definition) is 3. The molecule has 1 aromatic rings. The fourth-order valence-corrected chi connectivity index (χ4v) is 3.06. The van der Waals surface area contributed by atoms with Gasteiger partial charge in [-0.2, -0.15) is 5.10 Å². The molecule has 4 heteroatoms. The van der Waals surface area contributed by atoms with E-state index in [-0.39, 0.29) is 0 Å². The summed E-state index contributed by atoms with van der Waals surface area (Å²) in [5.74, 6) is 0.675. The molecule has 2 N–H and O–H groups in total. The SMILES string of the molecule is Cc1cc(CN(C)C2CCCC2CN)n(C)n1. The molecule has 2 unspecified atom stereocenters. The van der Waals surface area contributed by atoms with Gasteiger partial charge < -0.3 is 5.73 Å². The molecule has 0 amide bonds. The molecular formula is C13H24N4. The number of rotatable bonds is 4. The van der Waals surface area contributed by atoms with Crippen LogP contribution in [0.5, 0.6) is 0 Å². The fraction of sp³-hybridized carbons (Fsp3) is 0.769. The first kappa shape index (κ1) is 12.6. The fourth-order valence-electron chi connectivity index (χ4n) is 3.06. The van der Waals surface area contributed by atoms with Gasteiger partial charge in [-0.15, -0.1) is 0 Å². The van der Waals surface area contributed by atoms with E-state index >= 15 is 0 Å². The molecular weight excluding hydrogens is 212 g/mol. The summed E-state index contributed by atoms with van der Waals surface area (Å²) in [4.78, 5) is 2.45. The third-order valence-corrected chi connectivity index (χ3v) is 4.00. The molecule has 1 heterocycles. The van der Waals surface area contributed by atoms with Crippen LogP contribution in [0.1, 0.15) is 30.7 Å². The number of aryl methyl sites for hydroxylation is 2. The lowest BCUT2D eigenvalue weighted by atomic mass is 10.0.